The second-order valence-corrected chi connectivity index (χ2v) is 8.82. The van der Waals surface area contributed by atoms with Gasteiger partial charge in [0, 0.05) is 30.8 Å². The number of carboxylic acid groups (broad SMARTS) is 1. The first-order valence-corrected chi connectivity index (χ1v) is 12.8. The summed E-state index contributed by atoms with van der Waals surface area (Å²) in [6.45, 7) is 1.65. The first kappa shape index (κ1) is 28.0. The molecule has 208 valence electrons. The van der Waals surface area contributed by atoms with Gasteiger partial charge >= 0.3 is 5.97 Å². The molecule has 40 heavy (non-hydrogen) atoms. The van der Waals surface area contributed by atoms with Gasteiger partial charge in [-0.15, -0.1) is 0 Å². The van der Waals surface area contributed by atoms with Crippen molar-refractivity contribution in [1.29, 1.82) is 0 Å². The highest BCUT2D eigenvalue weighted by Gasteiger charge is 2.16. The van der Waals surface area contributed by atoms with Crippen molar-refractivity contribution in [2.24, 2.45) is 4.99 Å². The summed E-state index contributed by atoms with van der Waals surface area (Å²) in [6.07, 6.45) is 4.04. The van der Waals surface area contributed by atoms with Crippen LogP contribution >= 0.6 is 0 Å². The Kier molecular flexibility index (Phi) is 9.62. The van der Waals surface area contributed by atoms with Crippen LogP contribution in [0.25, 0.3) is 11.0 Å². The number of aliphatic carboxylic acids is 1. The maximum atomic E-state index is 12.7. The first-order chi connectivity index (χ1) is 19.5. The van der Waals surface area contributed by atoms with Gasteiger partial charge in [0.05, 0.1) is 28.9 Å². The van der Waals surface area contributed by atoms with Gasteiger partial charge in [0.15, 0.2) is 5.88 Å². The zero-order valence-electron chi connectivity index (χ0n) is 22.0. The van der Waals surface area contributed by atoms with Crippen LogP contribution in [-0.4, -0.2) is 70.0 Å². The third kappa shape index (κ3) is 7.32. The molecule has 12 heteroatoms. The molecule has 12 nitrogen and oxygen atoms in total. The van der Waals surface area contributed by atoms with Gasteiger partial charge in [-0.3, -0.25) is 14.6 Å². The van der Waals surface area contributed by atoms with Gasteiger partial charge in [0.1, 0.15) is 23.5 Å². The molecule has 6 N–H and O–H groups in total. The minimum absolute atomic E-state index is 0.0449. The molecule has 2 heterocycles. The van der Waals surface area contributed by atoms with Crippen molar-refractivity contribution in [3.05, 3.63) is 66.0 Å². The molecule has 2 aromatic heterocycles. The predicted molar refractivity (Wildman–Crippen MR) is 153 cm³/mol. The second-order valence-electron chi connectivity index (χ2n) is 8.82. The van der Waals surface area contributed by atoms with E-state index in [1.54, 1.807) is 42.5 Å². The number of carboxylic acids is 1. The summed E-state index contributed by atoms with van der Waals surface area (Å²) in [5.41, 5.74) is 2.26. The molecule has 0 unspecified atom stereocenters. The molecule has 0 bridgehead atoms. The highest BCUT2D eigenvalue weighted by atomic mass is 16.5. The molecular weight excluding hydrogens is 514 g/mol. The predicted octanol–water partition coefficient (Wildman–Crippen LogP) is 3.93. The number of hydrogen-bond donors (Lipinski definition) is 6. The van der Waals surface area contributed by atoms with E-state index in [4.69, 9.17) is 9.84 Å². The maximum Gasteiger partial charge on any atom is 0.303 e. The van der Waals surface area contributed by atoms with E-state index in [1.807, 2.05) is 13.1 Å². The Hall–Kier alpha value is -4.97. The molecule has 0 fully saturated rings. The summed E-state index contributed by atoms with van der Waals surface area (Å²) in [7, 11) is 1.89. The average molecular weight is 546 g/mol. The average Bonchev–Trinajstić information content (AvgIpc) is 3.29. The van der Waals surface area contributed by atoms with Gasteiger partial charge < -0.3 is 35.9 Å². The largest absolute Gasteiger partial charge is 0.494 e. The standard InChI is InChI=1S/C28H31N7O5/c1-29-12-6-13-30-25-24-20(28(39)35-26(24)33-17-32-25)16-31-19-10-11-21(22(15-19)40-14-5-9-23(36)37)34-27(38)18-7-3-2-4-8-18/h2-4,7-8,10-11,15-17,29,39H,5-6,9,12-14H2,1H3,(H,34,38)(H,36,37)(H2,30,32,33,35). The number of aromatic hydroxyl groups is 1. The Morgan fingerprint density at radius 1 is 1.10 bits per heavy atom. The number of benzene rings is 2. The zero-order chi connectivity index (χ0) is 28.3. The SMILES string of the molecule is CNCCCNc1ncnc2[nH]c(O)c(C=Nc3ccc(NC(=O)c4ccccc4)c(OCCCC(=O)O)c3)c12. The zero-order valence-corrected chi connectivity index (χ0v) is 22.0. The fourth-order valence-corrected chi connectivity index (χ4v) is 3.91. The van der Waals surface area contributed by atoms with Crippen LogP contribution in [0.15, 0.2) is 59.9 Å². The summed E-state index contributed by atoms with van der Waals surface area (Å²) in [4.78, 5) is 39.5. The molecule has 0 aliphatic rings. The van der Waals surface area contributed by atoms with Gasteiger partial charge in [-0.25, -0.2) is 9.97 Å². The van der Waals surface area contributed by atoms with Crippen LogP contribution in [-0.2, 0) is 4.79 Å². The van der Waals surface area contributed by atoms with E-state index >= 15 is 0 Å². The lowest BCUT2D eigenvalue weighted by atomic mass is 10.2. The summed E-state index contributed by atoms with van der Waals surface area (Å²) < 4.78 is 5.84. The highest BCUT2D eigenvalue weighted by Crippen LogP contribution is 2.32. The van der Waals surface area contributed by atoms with Crippen molar-refractivity contribution in [3.8, 4) is 11.6 Å². The number of anilines is 2. The lowest BCUT2D eigenvalue weighted by Gasteiger charge is -2.13. The molecule has 1 amide bonds. The fourth-order valence-electron chi connectivity index (χ4n) is 3.91. The van der Waals surface area contributed by atoms with E-state index in [2.05, 4.69) is 35.9 Å². The summed E-state index contributed by atoms with van der Waals surface area (Å²) in [6, 6.07) is 13.7. The Morgan fingerprint density at radius 2 is 1.93 bits per heavy atom. The molecule has 0 saturated carbocycles. The number of nitrogens with one attached hydrogen (secondary N) is 4. The molecule has 0 atom stereocenters. The molecule has 4 aromatic rings. The summed E-state index contributed by atoms with van der Waals surface area (Å²) >= 11 is 0. The van der Waals surface area contributed by atoms with E-state index < -0.39 is 5.97 Å². The van der Waals surface area contributed by atoms with Crippen LogP contribution in [0.1, 0.15) is 35.2 Å². The molecule has 0 radical (unpaired) electrons. The Labute approximate surface area is 230 Å². The van der Waals surface area contributed by atoms with Crippen molar-refractivity contribution in [3.63, 3.8) is 0 Å². The van der Waals surface area contributed by atoms with E-state index in [9.17, 15) is 14.7 Å². The van der Waals surface area contributed by atoms with Gasteiger partial charge in [0.2, 0.25) is 0 Å². The van der Waals surface area contributed by atoms with E-state index in [-0.39, 0.29) is 24.8 Å². The molecule has 0 aliphatic heterocycles. The number of aliphatic imine (C=N–C) groups is 1. The Morgan fingerprint density at radius 3 is 2.70 bits per heavy atom. The maximum absolute atomic E-state index is 12.7. The number of ether oxygens (including phenoxy) is 1. The molecule has 0 saturated heterocycles. The molecule has 0 spiro atoms. The lowest BCUT2D eigenvalue weighted by Crippen LogP contribution is -2.13. The number of amides is 1. The number of H-pyrrole nitrogens is 1. The Balaban J connectivity index is 1.59. The number of aromatic amines is 1. The lowest BCUT2D eigenvalue weighted by molar-refractivity contribution is -0.137. The third-order valence-electron chi connectivity index (χ3n) is 5.89. The number of carbonyl (C=O) groups is 2. The quantitative estimate of drug-likeness (QED) is 0.101. The monoisotopic (exact) mass is 545 g/mol. The Bertz CT molecular complexity index is 1490. The van der Waals surface area contributed by atoms with Crippen LogP contribution in [0.4, 0.5) is 17.2 Å². The number of hydrogen-bond acceptors (Lipinski definition) is 9. The van der Waals surface area contributed by atoms with Crippen molar-refractivity contribution in [2.45, 2.75) is 19.3 Å². The van der Waals surface area contributed by atoms with Crippen molar-refractivity contribution < 1.29 is 24.5 Å². The van der Waals surface area contributed by atoms with Crippen LogP contribution in [0.5, 0.6) is 11.6 Å². The van der Waals surface area contributed by atoms with Crippen LogP contribution < -0.4 is 20.7 Å². The number of carbonyl (C=O) groups excluding carboxylic acids is 1. The fraction of sp³-hybridized carbons (Fsp3) is 0.250. The van der Waals surface area contributed by atoms with Crippen molar-refractivity contribution in [2.75, 3.05) is 37.4 Å². The summed E-state index contributed by atoms with van der Waals surface area (Å²) in [5.74, 6) is -0.429. The van der Waals surface area contributed by atoms with Gasteiger partial charge in [-0.2, -0.15) is 0 Å². The second kappa shape index (κ2) is 13.7. The number of aromatic nitrogens is 3. The van der Waals surface area contributed by atoms with Gasteiger partial charge in [-0.1, -0.05) is 18.2 Å². The third-order valence-corrected chi connectivity index (χ3v) is 5.89. The van der Waals surface area contributed by atoms with Crippen LogP contribution in [0, 0.1) is 0 Å². The van der Waals surface area contributed by atoms with E-state index in [0.717, 1.165) is 13.0 Å². The molecule has 2 aromatic carbocycles. The first-order valence-electron chi connectivity index (χ1n) is 12.8. The van der Waals surface area contributed by atoms with Crippen molar-refractivity contribution >= 4 is 46.3 Å². The topological polar surface area (TPSA) is 174 Å². The number of fused-ring (bicyclic) bond motifs is 1. The van der Waals surface area contributed by atoms with Gasteiger partial charge in [-0.05, 0) is 50.7 Å². The minimum atomic E-state index is -0.919. The van der Waals surface area contributed by atoms with Crippen LogP contribution in [0.2, 0.25) is 0 Å². The number of rotatable bonds is 14. The molecule has 4 rings (SSSR count). The summed E-state index contributed by atoms with van der Waals surface area (Å²) in [5, 5.41) is 29.3. The van der Waals surface area contributed by atoms with E-state index in [0.29, 0.717) is 58.1 Å². The smallest absolute Gasteiger partial charge is 0.303 e. The minimum Gasteiger partial charge on any atom is -0.494 e. The van der Waals surface area contributed by atoms with Crippen molar-refractivity contribution in [1.82, 2.24) is 20.3 Å². The number of nitrogens with zero attached hydrogens (tertiary/aromatic N) is 3. The van der Waals surface area contributed by atoms with Crippen LogP contribution in [0.3, 0.4) is 0 Å². The van der Waals surface area contributed by atoms with Gasteiger partial charge in [0.25, 0.3) is 5.91 Å². The van der Waals surface area contributed by atoms with E-state index in [1.165, 1.54) is 12.5 Å². The molecular formula is C28H31N7O5. The highest BCUT2D eigenvalue weighted by molar-refractivity contribution is 6.07. The normalized spacial score (nSPS) is 11.1. The molecule has 0 aliphatic carbocycles.